The second-order valence-corrected chi connectivity index (χ2v) is 12.3. The highest BCUT2D eigenvalue weighted by Gasteiger charge is 2.71. The third-order valence-electron chi connectivity index (χ3n) is 8.34. The molecular weight excluding hydrogens is 396 g/mol. The molecule has 1 saturated carbocycles. The van der Waals surface area contributed by atoms with Crippen molar-refractivity contribution in [1.82, 2.24) is 0 Å². The van der Waals surface area contributed by atoms with Crippen LogP contribution in [0.5, 0.6) is 0 Å². The van der Waals surface area contributed by atoms with Crippen LogP contribution in [0.25, 0.3) is 11.1 Å². The maximum absolute atomic E-state index is 11.7. The molecule has 1 heterocycles. The summed E-state index contributed by atoms with van der Waals surface area (Å²) in [5, 5.41) is 11.7. The van der Waals surface area contributed by atoms with Crippen LogP contribution in [-0.2, 0) is 15.6 Å². The molecule has 31 heavy (non-hydrogen) atoms. The summed E-state index contributed by atoms with van der Waals surface area (Å²) in [6.07, 6.45) is 15.1. The summed E-state index contributed by atoms with van der Waals surface area (Å²) in [6, 6.07) is 18.4. The van der Waals surface area contributed by atoms with Gasteiger partial charge >= 0.3 is 0 Å². The van der Waals surface area contributed by atoms with Crippen molar-refractivity contribution in [2.75, 3.05) is 0 Å². The summed E-state index contributed by atoms with van der Waals surface area (Å²) in [6.45, 7) is 0. The minimum absolute atomic E-state index is 0.0288. The second-order valence-electron chi connectivity index (χ2n) is 10.1. The van der Waals surface area contributed by atoms with Gasteiger partial charge in [-0.1, -0.05) is 87.1 Å². The van der Waals surface area contributed by atoms with Gasteiger partial charge in [0.2, 0.25) is 0 Å². The Labute approximate surface area is 190 Å². The van der Waals surface area contributed by atoms with E-state index in [-0.39, 0.29) is 21.7 Å². The van der Waals surface area contributed by atoms with Gasteiger partial charge in [0.15, 0.2) is 14.6 Å². The molecule has 162 valence electrons. The minimum Gasteiger partial charge on any atom is -0.393 e. The lowest BCUT2D eigenvalue weighted by atomic mass is 9.74. The molecule has 0 aromatic heterocycles. The molecule has 0 spiro atoms. The van der Waals surface area contributed by atoms with Gasteiger partial charge in [-0.25, -0.2) is 0 Å². The summed E-state index contributed by atoms with van der Waals surface area (Å²) in [5.74, 6) is 0.328. The van der Waals surface area contributed by atoms with Gasteiger partial charge in [-0.2, -0.15) is 0 Å². The highest BCUT2D eigenvalue weighted by Crippen LogP contribution is 2.68. The van der Waals surface area contributed by atoms with Crippen LogP contribution < -0.4 is 0 Å². The minimum atomic E-state index is -0.194. The first-order valence-electron chi connectivity index (χ1n) is 12.7. The molecule has 1 nitrogen and oxygen atoms in total. The van der Waals surface area contributed by atoms with E-state index in [1.54, 1.807) is 9.81 Å². The number of allylic oxidation sites excluding steroid dienone is 2. The molecule has 2 aromatic carbocycles. The van der Waals surface area contributed by atoms with Crippen LogP contribution in [0.1, 0.15) is 88.2 Å². The Morgan fingerprint density at radius 2 is 1.16 bits per heavy atom. The molecule has 0 amide bonds. The van der Waals surface area contributed by atoms with E-state index in [2.05, 4.69) is 48.5 Å². The van der Waals surface area contributed by atoms with E-state index < -0.39 is 0 Å². The average molecular weight is 432 g/mol. The lowest BCUT2D eigenvalue weighted by Crippen LogP contribution is -2.45. The van der Waals surface area contributed by atoms with E-state index in [0.717, 1.165) is 12.8 Å². The number of aliphatic hydroxyl groups is 1. The maximum atomic E-state index is 11.7. The molecule has 0 unspecified atom stereocenters. The zero-order chi connectivity index (χ0) is 20.8. The van der Waals surface area contributed by atoms with Crippen LogP contribution in [0.3, 0.4) is 0 Å². The van der Waals surface area contributed by atoms with E-state index in [1.807, 2.05) is 0 Å². The Hall–Kier alpha value is -1.51. The van der Waals surface area contributed by atoms with Gasteiger partial charge in [0.25, 0.3) is 0 Å². The summed E-state index contributed by atoms with van der Waals surface area (Å²) >= 11 is 0. The smallest absolute Gasteiger partial charge is 0.195 e. The Kier molecular flexibility index (Phi) is 5.27. The third kappa shape index (κ3) is 3.09. The van der Waals surface area contributed by atoms with Gasteiger partial charge in [0, 0.05) is 29.9 Å². The molecule has 2 atom stereocenters. The number of aliphatic hydroxyl groups excluding tert-OH is 1. The molecule has 0 saturated heterocycles. The standard InChI is InChI=1S/C29H35OS/c30-26-18-6-2-1-5-17-25(26)29(31-27-19-7-3-4-8-20-28(27)31)23-15-11-9-13-21(23)22-14-10-12-16-24(22)29/h9-16,25-26,30H,1-8,17-20H2/q+1/t25-,26-/m0/s1. The second kappa shape index (κ2) is 8.12. The van der Waals surface area contributed by atoms with Crippen molar-refractivity contribution < 1.29 is 5.11 Å². The van der Waals surface area contributed by atoms with Crippen molar-refractivity contribution in [2.24, 2.45) is 5.92 Å². The Bertz CT molecular complexity index is 942. The molecule has 0 radical (unpaired) electrons. The molecule has 3 aliphatic carbocycles. The Balaban J connectivity index is 1.56. The summed E-state index contributed by atoms with van der Waals surface area (Å²) in [5.41, 5.74) is 5.91. The highest BCUT2D eigenvalue weighted by atomic mass is 32.2. The van der Waals surface area contributed by atoms with Crippen molar-refractivity contribution in [2.45, 2.75) is 87.9 Å². The van der Waals surface area contributed by atoms with Crippen LogP contribution in [0.2, 0.25) is 0 Å². The zero-order valence-electron chi connectivity index (χ0n) is 18.6. The number of hydrogen-bond donors (Lipinski definition) is 1. The molecule has 4 aliphatic rings. The fourth-order valence-corrected chi connectivity index (χ4v) is 10.6. The number of hydrogen-bond acceptors (Lipinski definition) is 1. The predicted octanol–water partition coefficient (Wildman–Crippen LogP) is 7.44. The number of benzene rings is 2. The first-order chi connectivity index (χ1) is 15.3. The lowest BCUT2D eigenvalue weighted by Gasteiger charge is -2.38. The molecular formula is C29H35OS+. The molecule has 1 N–H and O–H groups in total. The summed E-state index contributed by atoms with van der Waals surface area (Å²) < 4.78 is -0.0288. The number of rotatable bonds is 2. The van der Waals surface area contributed by atoms with Gasteiger partial charge in [-0.3, -0.25) is 0 Å². The van der Waals surface area contributed by atoms with E-state index in [9.17, 15) is 5.11 Å². The van der Waals surface area contributed by atoms with Gasteiger partial charge in [0.05, 0.1) is 17.0 Å². The number of fused-ring (bicyclic) bond motifs is 3. The van der Waals surface area contributed by atoms with Crippen LogP contribution >= 0.6 is 0 Å². The fraction of sp³-hybridized carbons (Fsp3) is 0.517. The third-order valence-corrected chi connectivity index (χ3v) is 11.4. The first-order valence-corrected chi connectivity index (χ1v) is 13.9. The normalized spacial score (nSPS) is 27.9. The quantitative estimate of drug-likeness (QED) is 0.490. The van der Waals surface area contributed by atoms with E-state index in [4.69, 9.17) is 0 Å². The van der Waals surface area contributed by atoms with E-state index >= 15 is 0 Å². The molecule has 6 rings (SSSR count). The average Bonchev–Trinajstić information content (AvgIpc) is 3.35. The molecule has 2 heteroatoms. The lowest BCUT2D eigenvalue weighted by molar-refractivity contribution is 0.0686. The van der Waals surface area contributed by atoms with Crippen molar-refractivity contribution >= 4 is 10.9 Å². The van der Waals surface area contributed by atoms with Crippen LogP contribution in [0.4, 0.5) is 0 Å². The SMILES string of the molecule is O[C@H]1CCCCCC[C@@H]1C1([S+]2C3=C2CCCCCC3)c2ccccc2-c2ccccc21. The van der Waals surface area contributed by atoms with E-state index in [1.165, 1.54) is 86.5 Å². The molecule has 2 aromatic rings. The largest absolute Gasteiger partial charge is 0.393 e. The molecule has 0 bridgehead atoms. The Morgan fingerprint density at radius 1 is 0.645 bits per heavy atom. The van der Waals surface area contributed by atoms with E-state index in [0.29, 0.717) is 5.92 Å². The predicted molar refractivity (Wildman–Crippen MR) is 132 cm³/mol. The van der Waals surface area contributed by atoms with Crippen LogP contribution in [0.15, 0.2) is 58.3 Å². The first kappa shape index (κ1) is 20.1. The summed E-state index contributed by atoms with van der Waals surface area (Å²) in [4.78, 5) is 3.58. The highest BCUT2D eigenvalue weighted by molar-refractivity contribution is 8.11. The fourth-order valence-electron chi connectivity index (χ4n) is 6.95. The van der Waals surface area contributed by atoms with Gasteiger partial charge in [0.1, 0.15) is 0 Å². The van der Waals surface area contributed by atoms with Crippen LogP contribution in [0, 0.1) is 5.92 Å². The summed E-state index contributed by atoms with van der Waals surface area (Å²) in [7, 11) is 0.184. The maximum Gasteiger partial charge on any atom is 0.195 e. The van der Waals surface area contributed by atoms with Gasteiger partial charge < -0.3 is 5.11 Å². The zero-order valence-corrected chi connectivity index (χ0v) is 19.4. The van der Waals surface area contributed by atoms with Crippen molar-refractivity contribution in [3.05, 3.63) is 69.5 Å². The van der Waals surface area contributed by atoms with Crippen molar-refractivity contribution in [3.8, 4) is 11.1 Å². The van der Waals surface area contributed by atoms with Crippen LogP contribution in [-0.4, -0.2) is 11.2 Å². The van der Waals surface area contributed by atoms with Crippen molar-refractivity contribution in [3.63, 3.8) is 0 Å². The molecule has 1 aliphatic heterocycles. The van der Waals surface area contributed by atoms with Crippen molar-refractivity contribution in [1.29, 1.82) is 0 Å². The topological polar surface area (TPSA) is 20.2 Å². The monoisotopic (exact) mass is 431 g/mol. The van der Waals surface area contributed by atoms with Gasteiger partial charge in [-0.05, 0) is 36.8 Å². The van der Waals surface area contributed by atoms with Gasteiger partial charge in [-0.15, -0.1) is 0 Å². The Morgan fingerprint density at radius 3 is 1.77 bits per heavy atom. The molecule has 1 fully saturated rings.